The van der Waals surface area contributed by atoms with Gasteiger partial charge in [0.15, 0.2) is 5.11 Å². The molecule has 1 aromatic carbocycles. The maximum Gasteiger partial charge on any atom is 0.231 e. The Morgan fingerprint density at radius 2 is 1.96 bits per heavy atom. The molecule has 1 aromatic heterocycles. The molecule has 0 saturated heterocycles. The molecule has 0 radical (unpaired) electrons. The number of thiocarbonyl (C=S) groups is 1. The molecule has 3 N–H and O–H groups in total. The van der Waals surface area contributed by atoms with Crippen molar-refractivity contribution in [2.45, 2.75) is 34.3 Å². The number of aliphatic hydroxyl groups excluding tert-OH is 1. The molecule has 2 aromatic rings. The summed E-state index contributed by atoms with van der Waals surface area (Å²) in [6.07, 6.45) is 0. The lowest BCUT2D eigenvalue weighted by atomic mass is 9.96. The molecule has 0 unspecified atom stereocenters. The normalized spacial score (nSPS) is 11.2. The topological polar surface area (TPSA) is 74.5 Å². The van der Waals surface area contributed by atoms with E-state index in [1.807, 2.05) is 45.9 Å². The van der Waals surface area contributed by atoms with E-state index in [0.717, 1.165) is 16.8 Å². The number of anilines is 1. The monoisotopic (exact) mass is 346 g/mol. The molecular weight excluding hydrogens is 324 g/mol. The minimum absolute atomic E-state index is 0.139. The van der Waals surface area contributed by atoms with Crippen LogP contribution in [0.2, 0.25) is 0 Å². The molecule has 0 saturated carbocycles. The van der Waals surface area contributed by atoms with Crippen LogP contribution in [0.15, 0.2) is 34.7 Å². The fourth-order valence-corrected chi connectivity index (χ4v) is 2.17. The fraction of sp³-hybridized carbons (Fsp3) is 0.333. The molecule has 0 spiro atoms. The number of rotatable bonds is 3. The maximum atomic E-state index is 12.0. The Labute approximate surface area is 147 Å². The Kier molecular flexibility index (Phi) is 5.41. The fourth-order valence-electron chi connectivity index (χ4n) is 1.97. The van der Waals surface area contributed by atoms with Crippen molar-refractivity contribution in [1.29, 1.82) is 0 Å². The van der Waals surface area contributed by atoms with E-state index in [0.29, 0.717) is 11.5 Å². The average Bonchev–Trinajstić information content (AvgIpc) is 2.97. The number of hydrogen-bond donors (Lipinski definition) is 3. The van der Waals surface area contributed by atoms with Crippen molar-refractivity contribution in [3.8, 4) is 11.3 Å². The summed E-state index contributed by atoms with van der Waals surface area (Å²) < 4.78 is 5.55. The van der Waals surface area contributed by atoms with Crippen LogP contribution in [-0.2, 0) is 11.4 Å². The molecule has 6 heteroatoms. The third kappa shape index (κ3) is 4.43. The van der Waals surface area contributed by atoms with E-state index >= 15 is 0 Å². The highest BCUT2D eigenvalue weighted by Crippen LogP contribution is 2.27. The SMILES string of the molecule is Cc1ccc(-c2ccc(CO)o2)cc1NC(=S)NC(=O)C(C)(C)C. The quantitative estimate of drug-likeness (QED) is 0.741. The Balaban J connectivity index is 2.17. The molecule has 0 atom stereocenters. The van der Waals surface area contributed by atoms with Gasteiger partial charge in [-0.2, -0.15) is 0 Å². The Morgan fingerprint density at radius 1 is 1.25 bits per heavy atom. The van der Waals surface area contributed by atoms with Crippen LogP contribution in [0.25, 0.3) is 11.3 Å². The standard InChI is InChI=1S/C18H22N2O3S/c1-11-5-6-12(15-8-7-13(10-21)23-15)9-14(11)19-17(24)20-16(22)18(2,3)4/h5-9,21H,10H2,1-4H3,(H2,19,20,22,24). The van der Waals surface area contributed by atoms with Gasteiger partial charge in [0.05, 0.1) is 0 Å². The molecule has 1 amide bonds. The van der Waals surface area contributed by atoms with Crippen LogP contribution in [0.3, 0.4) is 0 Å². The summed E-state index contributed by atoms with van der Waals surface area (Å²) in [6, 6.07) is 9.30. The number of amides is 1. The van der Waals surface area contributed by atoms with E-state index in [4.69, 9.17) is 21.7 Å². The number of benzene rings is 1. The predicted molar refractivity (Wildman–Crippen MR) is 98.6 cm³/mol. The van der Waals surface area contributed by atoms with Gasteiger partial charge in [0.25, 0.3) is 0 Å². The highest BCUT2D eigenvalue weighted by Gasteiger charge is 2.22. The first kappa shape index (κ1) is 18.2. The van der Waals surface area contributed by atoms with Crippen molar-refractivity contribution in [2.75, 3.05) is 5.32 Å². The second kappa shape index (κ2) is 7.15. The van der Waals surface area contributed by atoms with Crippen molar-refractivity contribution in [2.24, 2.45) is 5.41 Å². The van der Waals surface area contributed by atoms with E-state index in [-0.39, 0.29) is 17.6 Å². The minimum Gasteiger partial charge on any atom is -0.459 e. The van der Waals surface area contributed by atoms with Gasteiger partial charge in [0.1, 0.15) is 18.1 Å². The van der Waals surface area contributed by atoms with Crippen molar-refractivity contribution in [3.63, 3.8) is 0 Å². The van der Waals surface area contributed by atoms with Gasteiger partial charge in [-0.15, -0.1) is 0 Å². The molecule has 0 aliphatic heterocycles. The average molecular weight is 346 g/mol. The molecule has 0 fully saturated rings. The lowest BCUT2D eigenvalue weighted by Gasteiger charge is -2.19. The Bertz CT molecular complexity index is 760. The van der Waals surface area contributed by atoms with E-state index < -0.39 is 5.41 Å². The molecule has 1 heterocycles. The van der Waals surface area contributed by atoms with Crippen LogP contribution in [0, 0.1) is 12.3 Å². The Morgan fingerprint density at radius 3 is 2.54 bits per heavy atom. The van der Waals surface area contributed by atoms with E-state index in [1.54, 1.807) is 12.1 Å². The third-order valence-corrected chi connectivity index (χ3v) is 3.70. The van der Waals surface area contributed by atoms with Gasteiger partial charge in [-0.1, -0.05) is 32.9 Å². The summed E-state index contributed by atoms with van der Waals surface area (Å²) in [5.41, 5.74) is 2.11. The number of nitrogens with one attached hydrogen (secondary N) is 2. The number of carbonyl (C=O) groups is 1. The van der Waals surface area contributed by atoms with E-state index in [1.165, 1.54) is 0 Å². The van der Waals surface area contributed by atoms with Gasteiger partial charge < -0.3 is 20.2 Å². The summed E-state index contributed by atoms with van der Waals surface area (Å²) in [4.78, 5) is 12.0. The van der Waals surface area contributed by atoms with Crippen molar-refractivity contribution in [3.05, 3.63) is 41.7 Å². The van der Waals surface area contributed by atoms with Gasteiger partial charge in [0, 0.05) is 16.7 Å². The van der Waals surface area contributed by atoms with Gasteiger partial charge in [0.2, 0.25) is 5.91 Å². The van der Waals surface area contributed by atoms with Crippen LogP contribution in [0.5, 0.6) is 0 Å². The predicted octanol–water partition coefficient (Wildman–Crippen LogP) is 3.61. The number of carbonyl (C=O) groups excluding carboxylic acids is 1. The molecule has 0 aliphatic carbocycles. The largest absolute Gasteiger partial charge is 0.459 e. The number of hydrogen-bond acceptors (Lipinski definition) is 4. The first-order chi connectivity index (χ1) is 11.2. The van der Waals surface area contributed by atoms with Crippen LogP contribution < -0.4 is 10.6 Å². The van der Waals surface area contributed by atoms with E-state index in [2.05, 4.69) is 10.6 Å². The number of aliphatic hydroxyl groups is 1. The lowest BCUT2D eigenvalue weighted by molar-refractivity contribution is -0.126. The Hall–Kier alpha value is -2.18. The zero-order chi connectivity index (χ0) is 17.9. The van der Waals surface area contributed by atoms with E-state index in [9.17, 15) is 4.79 Å². The van der Waals surface area contributed by atoms with Crippen molar-refractivity contribution < 1.29 is 14.3 Å². The first-order valence-corrected chi connectivity index (χ1v) is 8.04. The molecule has 0 bridgehead atoms. The molecule has 0 aliphatic rings. The maximum absolute atomic E-state index is 12.0. The third-order valence-electron chi connectivity index (χ3n) is 3.50. The zero-order valence-electron chi connectivity index (χ0n) is 14.3. The lowest BCUT2D eigenvalue weighted by Crippen LogP contribution is -2.41. The summed E-state index contributed by atoms with van der Waals surface area (Å²) in [7, 11) is 0. The van der Waals surface area contributed by atoms with Gasteiger partial charge in [-0.25, -0.2) is 0 Å². The zero-order valence-corrected chi connectivity index (χ0v) is 15.1. The molecule has 5 nitrogen and oxygen atoms in total. The van der Waals surface area contributed by atoms with Crippen molar-refractivity contribution >= 4 is 28.9 Å². The summed E-state index contributed by atoms with van der Waals surface area (Å²) in [5, 5.41) is 15.1. The minimum atomic E-state index is -0.516. The highest BCUT2D eigenvalue weighted by molar-refractivity contribution is 7.80. The van der Waals surface area contributed by atoms with Crippen molar-refractivity contribution in [1.82, 2.24) is 5.32 Å². The summed E-state index contributed by atoms with van der Waals surface area (Å²) in [6.45, 7) is 7.28. The van der Waals surface area contributed by atoms with Crippen LogP contribution in [-0.4, -0.2) is 16.1 Å². The summed E-state index contributed by atoms with van der Waals surface area (Å²) >= 11 is 5.22. The second-order valence-corrected chi connectivity index (χ2v) is 7.02. The van der Waals surface area contributed by atoms with Gasteiger partial charge in [-0.05, 0) is 42.9 Å². The smallest absolute Gasteiger partial charge is 0.231 e. The number of aryl methyl sites for hydroxylation is 1. The number of furan rings is 1. The first-order valence-electron chi connectivity index (χ1n) is 7.63. The molecule has 24 heavy (non-hydrogen) atoms. The highest BCUT2D eigenvalue weighted by atomic mass is 32.1. The summed E-state index contributed by atoms with van der Waals surface area (Å²) in [5.74, 6) is 1.02. The van der Waals surface area contributed by atoms with Crippen LogP contribution in [0.1, 0.15) is 32.1 Å². The molecule has 128 valence electrons. The molecular formula is C18H22N2O3S. The molecule has 2 rings (SSSR count). The van der Waals surface area contributed by atoms with Gasteiger partial charge in [-0.3, -0.25) is 4.79 Å². The van der Waals surface area contributed by atoms with Crippen LogP contribution >= 0.6 is 12.2 Å². The van der Waals surface area contributed by atoms with Crippen LogP contribution in [0.4, 0.5) is 5.69 Å². The second-order valence-electron chi connectivity index (χ2n) is 6.61. The van der Waals surface area contributed by atoms with Gasteiger partial charge >= 0.3 is 0 Å².